The van der Waals surface area contributed by atoms with Gasteiger partial charge in [-0.25, -0.2) is 9.79 Å². The maximum absolute atomic E-state index is 13.7. The van der Waals surface area contributed by atoms with Crippen LogP contribution in [0.1, 0.15) is 36.6 Å². The van der Waals surface area contributed by atoms with Gasteiger partial charge in [0.05, 0.1) is 47.1 Å². The fraction of sp³-hybridized carbons (Fsp3) is 0.269. The van der Waals surface area contributed by atoms with Gasteiger partial charge in [-0.3, -0.25) is 9.36 Å². The average Bonchev–Trinajstić information content (AvgIpc) is 3.13. The zero-order valence-corrected chi connectivity index (χ0v) is 22.5. The van der Waals surface area contributed by atoms with E-state index in [4.69, 9.17) is 14.2 Å². The lowest BCUT2D eigenvalue weighted by Crippen LogP contribution is -2.40. The van der Waals surface area contributed by atoms with Crippen molar-refractivity contribution in [2.24, 2.45) is 4.99 Å². The number of nitrogens with zero attached hydrogens (tertiary/aromatic N) is 2. The fourth-order valence-electron chi connectivity index (χ4n) is 4.04. The molecule has 0 unspecified atom stereocenters. The fourth-order valence-corrected chi connectivity index (χ4v) is 5.64. The zero-order chi connectivity index (χ0) is 25.3. The highest BCUT2D eigenvalue weighted by Crippen LogP contribution is 2.33. The summed E-state index contributed by atoms with van der Waals surface area (Å²) in [6.07, 6.45) is 1.81. The van der Waals surface area contributed by atoms with Gasteiger partial charge in [-0.05, 0) is 77.7 Å². The van der Waals surface area contributed by atoms with Gasteiger partial charge < -0.3 is 14.2 Å². The third kappa shape index (κ3) is 4.70. The van der Waals surface area contributed by atoms with Gasteiger partial charge in [0.1, 0.15) is 11.5 Å². The first kappa shape index (κ1) is 24.9. The van der Waals surface area contributed by atoms with E-state index in [1.165, 1.54) is 11.3 Å². The van der Waals surface area contributed by atoms with Crippen molar-refractivity contribution in [2.75, 3.05) is 20.8 Å². The largest absolute Gasteiger partial charge is 0.496 e. The molecule has 0 saturated heterocycles. The molecule has 0 bridgehead atoms. The number of aryl methyl sites for hydroxylation is 1. The number of rotatable bonds is 6. The summed E-state index contributed by atoms with van der Waals surface area (Å²) < 4.78 is 19.0. The molecule has 9 heteroatoms. The Balaban J connectivity index is 1.95. The number of esters is 1. The number of thiazole rings is 1. The van der Waals surface area contributed by atoms with E-state index < -0.39 is 12.0 Å². The minimum atomic E-state index is -0.690. The number of benzene rings is 2. The number of carbonyl (C=O) groups is 1. The molecule has 0 amide bonds. The molecule has 0 aliphatic carbocycles. The van der Waals surface area contributed by atoms with E-state index in [1.807, 2.05) is 49.4 Å². The van der Waals surface area contributed by atoms with Crippen molar-refractivity contribution in [2.45, 2.75) is 26.8 Å². The first-order chi connectivity index (χ1) is 16.8. The number of carbonyl (C=O) groups excluding carboxylic acids is 1. The summed E-state index contributed by atoms with van der Waals surface area (Å²) in [5.74, 6) is 0.879. The number of halogens is 1. The number of hydrogen-bond acceptors (Lipinski definition) is 7. The summed E-state index contributed by atoms with van der Waals surface area (Å²) in [7, 11) is 3.19. The van der Waals surface area contributed by atoms with Crippen LogP contribution in [0, 0.1) is 6.92 Å². The Hall–Kier alpha value is -3.17. The lowest BCUT2D eigenvalue weighted by atomic mass is 9.95. The summed E-state index contributed by atoms with van der Waals surface area (Å²) in [6.45, 7) is 5.67. The molecule has 0 spiro atoms. The highest BCUT2D eigenvalue weighted by Gasteiger charge is 2.33. The van der Waals surface area contributed by atoms with Gasteiger partial charge in [0.25, 0.3) is 5.56 Å². The van der Waals surface area contributed by atoms with Crippen LogP contribution in [0.5, 0.6) is 11.5 Å². The van der Waals surface area contributed by atoms with Gasteiger partial charge >= 0.3 is 5.97 Å². The first-order valence-corrected chi connectivity index (χ1v) is 12.6. The van der Waals surface area contributed by atoms with E-state index in [2.05, 4.69) is 20.9 Å². The molecule has 2 heterocycles. The minimum absolute atomic E-state index is 0.219. The summed E-state index contributed by atoms with van der Waals surface area (Å²) in [5.41, 5.74) is 3.14. The van der Waals surface area contributed by atoms with Crippen molar-refractivity contribution in [1.82, 2.24) is 4.57 Å². The number of aromatic nitrogens is 1. The van der Waals surface area contributed by atoms with Gasteiger partial charge in [0.15, 0.2) is 4.80 Å². The number of ether oxygens (including phenoxy) is 3. The molecule has 35 heavy (non-hydrogen) atoms. The molecule has 182 valence electrons. The van der Waals surface area contributed by atoms with Gasteiger partial charge in [0, 0.05) is 0 Å². The highest BCUT2D eigenvalue weighted by molar-refractivity contribution is 9.10. The molecule has 0 radical (unpaired) electrons. The predicted octanol–water partition coefficient (Wildman–Crippen LogP) is 3.89. The molecule has 1 aromatic heterocycles. The monoisotopic (exact) mass is 556 g/mol. The second kappa shape index (κ2) is 10.2. The van der Waals surface area contributed by atoms with E-state index in [9.17, 15) is 9.59 Å². The van der Waals surface area contributed by atoms with Crippen LogP contribution in [0.2, 0.25) is 0 Å². The Kier molecular flexibility index (Phi) is 7.28. The van der Waals surface area contributed by atoms with Crippen LogP contribution in [-0.4, -0.2) is 31.4 Å². The summed E-state index contributed by atoms with van der Waals surface area (Å²) >= 11 is 4.77. The Labute approximate surface area is 215 Å². The third-order valence-electron chi connectivity index (χ3n) is 5.74. The van der Waals surface area contributed by atoms with E-state index in [0.29, 0.717) is 32.1 Å². The van der Waals surface area contributed by atoms with Crippen molar-refractivity contribution in [3.8, 4) is 11.5 Å². The van der Waals surface area contributed by atoms with Crippen molar-refractivity contribution >= 4 is 39.3 Å². The number of methoxy groups -OCH3 is 2. The maximum atomic E-state index is 13.7. The second-order valence-electron chi connectivity index (χ2n) is 7.93. The van der Waals surface area contributed by atoms with E-state index in [1.54, 1.807) is 32.6 Å². The Morgan fingerprint density at radius 2 is 1.89 bits per heavy atom. The molecule has 2 aromatic carbocycles. The second-order valence-corrected chi connectivity index (χ2v) is 9.79. The molecular weight excluding hydrogens is 532 g/mol. The molecule has 1 aliphatic rings. The smallest absolute Gasteiger partial charge is 0.338 e. The molecule has 3 aromatic rings. The molecule has 0 fully saturated rings. The normalized spacial score (nSPS) is 15.5. The Bertz CT molecular complexity index is 1520. The van der Waals surface area contributed by atoms with Crippen molar-refractivity contribution in [3.63, 3.8) is 0 Å². The first-order valence-electron chi connectivity index (χ1n) is 11.0. The van der Waals surface area contributed by atoms with Crippen LogP contribution < -0.4 is 24.4 Å². The van der Waals surface area contributed by atoms with E-state index >= 15 is 0 Å². The van der Waals surface area contributed by atoms with Crippen LogP contribution >= 0.6 is 27.3 Å². The van der Waals surface area contributed by atoms with Crippen LogP contribution in [-0.2, 0) is 9.53 Å². The Morgan fingerprint density at radius 3 is 2.54 bits per heavy atom. The minimum Gasteiger partial charge on any atom is -0.496 e. The highest BCUT2D eigenvalue weighted by atomic mass is 79.9. The number of hydrogen-bond donors (Lipinski definition) is 0. The molecule has 1 atom stereocenters. The van der Waals surface area contributed by atoms with Crippen LogP contribution in [0.15, 0.2) is 61.9 Å². The SMILES string of the molecule is CCOC(=O)C1=C(C)N=c2sc(=Cc3ccc(OC)c(Br)c3)c(=O)n2[C@@H]1c1ccc(C)c(OC)c1. The van der Waals surface area contributed by atoms with Gasteiger partial charge in [-0.1, -0.05) is 29.5 Å². The Morgan fingerprint density at radius 1 is 1.14 bits per heavy atom. The summed E-state index contributed by atoms with van der Waals surface area (Å²) in [6, 6.07) is 10.6. The van der Waals surface area contributed by atoms with Crippen LogP contribution in [0.25, 0.3) is 6.08 Å². The molecule has 0 N–H and O–H groups in total. The lowest BCUT2D eigenvalue weighted by molar-refractivity contribution is -0.139. The maximum Gasteiger partial charge on any atom is 0.338 e. The summed E-state index contributed by atoms with van der Waals surface area (Å²) in [4.78, 5) is 31.9. The predicted molar refractivity (Wildman–Crippen MR) is 139 cm³/mol. The van der Waals surface area contributed by atoms with Gasteiger partial charge in [-0.15, -0.1) is 0 Å². The molecular formula is C26H25BrN2O5S. The van der Waals surface area contributed by atoms with Gasteiger partial charge in [0.2, 0.25) is 0 Å². The molecule has 7 nitrogen and oxygen atoms in total. The standard InChI is InChI=1S/C26H25BrN2O5S/c1-6-34-25(31)22-15(3)28-26-29(23(22)17-9-7-14(2)20(13-17)33-5)24(30)21(35-26)12-16-8-10-19(32-4)18(27)11-16/h7-13,23H,6H2,1-5H3/t23-/m1/s1. The molecule has 4 rings (SSSR count). The average molecular weight is 557 g/mol. The van der Waals surface area contributed by atoms with Crippen LogP contribution in [0.4, 0.5) is 0 Å². The van der Waals surface area contributed by atoms with E-state index in [-0.39, 0.29) is 12.2 Å². The molecule has 1 aliphatic heterocycles. The zero-order valence-electron chi connectivity index (χ0n) is 20.0. The number of allylic oxidation sites excluding steroid dienone is 1. The quantitative estimate of drug-likeness (QED) is 0.430. The van der Waals surface area contributed by atoms with Crippen LogP contribution in [0.3, 0.4) is 0 Å². The third-order valence-corrected chi connectivity index (χ3v) is 7.34. The summed E-state index contributed by atoms with van der Waals surface area (Å²) in [5, 5.41) is 0. The van der Waals surface area contributed by atoms with Crippen molar-refractivity contribution < 1.29 is 19.0 Å². The molecule has 0 saturated carbocycles. The topological polar surface area (TPSA) is 79.1 Å². The van der Waals surface area contributed by atoms with Gasteiger partial charge in [-0.2, -0.15) is 0 Å². The number of fused-ring (bicyclic) bond motifs is 1. The van der Waals surface area contributed by atoms with E-state index in [0.717, 1.165) is 21.2 Å². The van der Waals surface area contributed by atoms with Crippen molar-refractivity contribution in [3.05, 3.63) is 88.5 Å². The van der Waals surface area contributed by atoms with Crippen molar-refractivity contribution in [1.29, 1.82) is 0 Å². The lowest BCUT2D eigenvalue weighted by Gasteiger charge is -2.25.